The summed E-state index contributed by atoms with van der Waals surface area (Å²) < 4.78 is 38.6. The zero-order valence-electron chi connectivity index (χ0n) is 17.0. The van der Waals surface area contributed by atoms with E-state index in [2.05, 4.69) is 15.2 Å². The summed E-state index contributed by atoms with van der Waals surface area (Å²) in [5, 5.41) is 6.96. The van der Waals surface area contributed by atoms with Gasteiger partial charge in [0.25, 0.3) is 0 Å². The van der Waals surface area contributed by atoms with Gasteiger partial charge < -0.3 is 14.8 Å². The number of carbonyl (C=O) groups is 2. The summed E-state index contributed by atoms with van der Waals surface area (Å²) in [5.74, 6) is -0.841. The number of aromatic nitrogens is 2. The van der Waals surface area contributed by atoms with Gasteiger partial charge in [-0.15, -0.1) is 0 Å². The predicted molar refractivity (Wildman–Crippen MR) is 108 cm³/mol. The van der Waals surface area contributed by atoms with E-state index >= 15 is 0 Å². The van der Waals surface area contributed by atoms with Crippen LogP contribution in [0.15, 0.2) is 29.2 Å². The Hall–Kier alpha value is -2.76. The number of methoxy groups -OCH3 is 1. The van der Waals surface area contributed by atoms with Crippen LogP contribution in [0, 0.1) is 13.8 Å². The third-order valence-corrected chi connectivity index (χ3v) is 6.92. The molecule has 0 aliphatic carbocycles. The fourth-order valence-corrected chi connectivity index (χ4v) is 5.05. The van der Waals surface area contributed by atoms with E-state index in [1.54, 1.807) is 26.0 Å². The fraction of sp³-hybridized carbons (Fsp3) is 0.421. The van der Waals surface area contributed by atoms with Gasteiger partial charge >= 0.3 is 5.97 Å². The summed E-state index contributed by atoms with van der Waals surface area (Å²) in [5.41, 5.74) is 1.60. The molecule has 1 N–H and O–H groups in total. The van der Waals surface area contributed by atoms with Gasteiger partial charge in [-0.05, 0) is 38.1 Å². The van der Waals surface area contributed by atoms with Gasteiger partial charge in [-0.2, -0.15) is 9.40 Å². The molecule has 0 bridgehead atoms. The van der Waals surface area contributed by atoms with Crippen LogP contribution in [-0.2, 0) is 30.8 Å². The molecule has 0 saturated carbocycles. The van der Waals surface area contributed by atoms with Crippen molar-refractivity contribution in [2.45, 2.75) is 25.3 Å². The number of anilines is 1. The second kappa shape index (κ2) is 8.94. The van der Waals surface area contributed by atoms with Gasteiger partial charge in [0.15, 0.2) is 0 Å². The maximum atomic E-state index is 13.0. The molecule has 2 aromatic rings. The number of morpholine rings is 1. The molecular formula is C19H24N4O6S. The van der Waals surface area contributed by atoms with E-state index in [-0.39, 0.29) is 30.4 Å². The molecule has 2 heterocycles. The maximum Gasteiger partial charge on any atom is 0.337 e. The highest BCUT2D eigenvalue weighted by atomic mass is 32.2. The number of amides is 1. The Morgan fingerprint density at radius 2 is 1.80 bits per heavy atom. The highest BCUT2D eigenvalue weighted by molar-refractivity contribution is 7.89. The van der Waals surface area contributed by atoms with E-state index in [1.807, 2.05) is 0 Å². The van der Waals surface area contributed by atoms with E-state index in [9.17, 15) is 18.0 Å². The maximum absolute atomic E-state index is 13.0. The number of hydrogen-bond donors (Lipinski definition) is 1. The smallest absolute Gasteiger partial charge is 0.337 e. The van der Waals surface area contributed by atoms with Crippen LogP contribution in [0.1, 0.15) is 21.7 Å². The number of ether oxygens (including phenoxy) is 2. The lowest BCUT2D eigenvalue weighted by molar-refractivity contribution is -0.116. The number of hydrogen-bond acceptors (Lipinski definition) is 7. The standard InChI is InChI=1S/C19H24N4O6S/c1-13-18(30(26,27)22-8-10-29-11-9-22)14(2)23(21-13)12-17(24)20-16-6-4-15(5-7-16)19(25)28-3/h4-7H,8-12H2,1-3H3,(H,20,24). The van der Waals surface area contributed by atoms with Crippen LogP contribution in [0.4, 0.5) is 5.69 Å². The van der Waals surface area contributed by atoms with Gasteiger partial charge in [-0.1, -0.05) is 0 Å². The van der Waals surface area contributed by atoms with Gasteiger partial charge in [0.1, 0.15) is 11.4 Å². The quantitative estimate of drug-likeness (QED) is 0.669. The molecule has 1 aromatic carbocycles. The molecule has 1 aromatic heterocycles. The summed E-state index contributed by atoms with van der Waals surface area (Å²) in [7, 11) is -2.43. The van der Waals surface area contributed by atoms with E-state index < -0.39 is 16.0 Å². The molecule has 0 atom stereocenters. The molecule has 1 aliphatic heterocycles. The first-order valence-corrected chi connectivity index (χ1v) is 10.8. The third-order valence-electron chi connectivity index (χ3n) is 4.77. The van der Waals surface area contributed by atoms with Gasteiger partial charge in [-0.25, -0.2) is 13.2 Å². The molecule has 11 heteroatoms. The molecule has 30 heavy (non-hydrogen) atoms. The Morgan fingerprint density at radius 1 is 1.17 bits per heavy atom. The van der Waals surface area contributed by atoms with Gasteiger partial charge in [0.2, 0.25) is 15.9 Å². The lowest BCUT2D eigenvalue weighted by Crippen LogP contribution is -2.41. The number of benzene rings is 1. The van der Waals surface area contributed by atoms with E-state index in [0.29, 0.717) is 35.9 Å². The van der Waals surface area contributed by atoms with Crippen molar-refractivity contribution in [3.8, 4) is 0 Å². The summed E-state index contributed by atoms with van der Waals surface area (Å²) in [6.07, 6.45) is 0. The number of sulfonamides is 1. The number of nitrogens with zero attached hydrogens (tertiary/aromatic N) is 3. The van der Waals surface area contributed by atoms with Crippen molar-refractivity contribution < 1.29 is 27.5 Å². The predicted octanol–water partition coefficient (Wildman–Crippen LogP) is 0.946. The number of aryl methyl sites for hydroxylation is 1. The number of nitrogens with one attached hydrogen (secondary N) is 1. The molecule has 10 nitrogen and oxygen atoms in total. The highest BCUT2D eigenvalue weighted by Gasteiger charge is 2.32. The summed E-state index contributed by atoms with van der Waals surface area (Å²) >= 11 is 0. The van der Waals surface area contributed by atoms with Gasteiger partial charge in [0, 0.05) is 18.8 Å². The molecule has 1 fully saturated rings. The van der Waals surface area contributed by atoms with Crippen molar-refractivity contribution >= 4 is 27.6 Å². The summed E-state index contributed by atoms with van der Waals surface area (Å²) in [4.78, 5) is 24.0. The topological polar surface area (TPSA) is 120 Å². The minimum absolute atomic E-state index is 0.125. The van der Waals surface area contributed by atoms with Crippen molar-refractivity contribution in [2.24, 2.45) is 0 Å². The van der Waals surface area contributed by atoms with Crippen LogP contribution in [-0.4, -0.2) is 67.8 Å². The van der Waals surface area contributed by atoms with Gasteiger partial charge in [-0.3, -0.25) is 9.48 Å². The van der Waals surface area contributed by atoms with Crippen molar-refractivity contribution in [3.05, 3.63) is 41.2 Å². The average Bonchev–Trinajstić information content (AvgIpc) is 3.02. The van der Waals surface area contributed by atoms with Crippen molar-refractivity contribution in [1.29, 1.82) is 0 Å². The lowest BCUT2D eigenvalue weighted by Gasteiger charge is -2.26. The Morgan fingerprint density at radius 3 is 2.40 bits per heavy atom. The number of rotatable bonds is 6. The molecule has 0 radical (unpaired) electrons. The Kier molecular flexibility index (Phi) is 6.54. The molecule has 1 saturated heterocycles. The molecule has 162 valence electrons. The van der Waals surface area contributed by atoms with Crippen LogP contribution < -0.4 is 5.32 Å². The highest BCUT2D eigenvalue weighted by Crippen LogP contribution is 2.24. The van der Waals surface area contributed by atoms with E-state index in [0.717, 1.165) is 0 Å². The van der Waals surface area contributed by atoms with Crippen molar-refractivity contribution in [3.63, 3.8) is 0 Å². The van der Waals surface area contributed by atoms with E-state index in [1.165, 1.54) is 28.2 Å². The number of esters is 1. The minimum Gasteiger partial charge on any atom is -0.465 e. The molecule has 1 amide bonds. The van der Waals surface area contributed by atoms with Crippen LogP contribution in [0.5, 0.6) is 0 Å². The number of carbonyl (C=O) groups excluding carboxylic acids is 2. The first-order chi connectivity index (χ1) is 14.2. The van der Waals surface area contributed by atoms with Crippen LogP contribution in [0.25, 0.3) is 0 Å². The first-order valence-electron chi connectivity index (χ1n) is 9.34. The zero-order valence-corrected chi connectivity index (χ0v) is 17.9. The minimum atomic E-state index is -3.72. The van der Waals surface area contributed by atoms with Crippen LogP contribution in [0.3, 0.4) is 0 Å². The van der Waals surface area contributed by atoms with Crippen LogP contribution in [0.2, 0.25) is 0 Å². The van der Waals surface area contributed by atoms with Gasteiger partial charge in [0.05, 0.1) is 37.3 Å². The molecule has 1 aliphatic rings. The lowest BCUT2D eigenvalue weighted by atomic mass is 10.2. The molecule has 3 rings (SSSR count). The van der Waals surface area contributed by atoms with E-state index in [4.69, 9.17) is 4.74 Å². The summed E-state index contributed by atoms with van der Waals surface area (Å²) in [6.45, 7) is 4.37. The normalized spacial score (nSPS) is 15.0. The largest absolute Gasteiger partial charge is 0.465 e. The second-order valence-corrected chi connectivity index (χ2v) is 8.67. The Labute approximate surface area is 174 Å². The van der Waals surface area contributed by atoms with Crippen molar-refractivity contribution in [2.75, 3.05) is 38.7 Å². The summed E-state index contributed by atoms with van der Waals surface area (Å²) in [6, 6.07) is 6.24. The third kappa shape index (κ3) is 4.53. The average molecular weight is 436 g/mol. The van der Waals surface area contributed by atoms with Crippen molar-refractivity contribution in [1.82, 2.24) is 14.1 Å². The Balaban J connectivity index is 1.73. The Bertz CT molecular complexity index is 1040. The first kappa shape index (κ1) is 21.9. The monoisotopic (exact) mass is 436 g/mol. The molecule has 0 spiro atoms. The second-order valence-electron chi connectivity index (χ2n) is 6.79. The fourth-order valence-electron chi connectivity index (χ4n) is 3.27. The SMILES string of the molecule is COC(=O)c1ccc(NC(=O)Cn2nc(C)c(S(=O)(=O)N3CCOCC3)c2C)cc1. The molecular weight excluding hydrogens is 412 g/mol. The molecule has 0 unspecified atom stereocenters. The van der Waals surface area contributed by atoms with Crippen LogP contribution >= 0.6 is 0 Å². The zero-order chi connectivity index (χ0) is 21.9.